The largest absolute Gasteiger partial charge is 0.391 e. The second kappa shape index (κ2) is 7.85. The summed E-state index contributed by atoms with van der Waals surface area (Å²) < 4.78 is 0. The van der Waals surface area contributed by atoms with Gasteiger partial charge in [-0.05, 0) is 112 Å². The standard InChI is InChI=1S/C26H41NO2S/c1-16(12-24-27-14-18(15-28)30-24)22-6-7-23-21-5-4-17-13-25(2,29)10-8-19(17)20(21)9-11-26(22,23)3/h14,16-17,19-23,28-29H,4-13,15H2,1-3H3/t16-,17-,19?,20-,21?,22-,23+,25-,26-/m1/s1. The average molecular weight is 432 g/mol. The van der Waals surface area contributed by atoms with E-state index < -0.39 is 5.60 Å². The van der Waals surface area contributed by atoms with Crippen molar-refractivity contribution in [3.63, 3.8) is 0 Å². The van der Waals surface area contributed by atoms with Crippen molar-refractivity contribution in [3.8, 4) is 0 Å². The number of aliphatic hydroxyl groups is 2. The normalized spacial score (nSPS) is 46.7. The Morgan fingerprint density at radius 2 is 1.87 bits per heavy atom. The third-order valence-electron chi connectivity index (χ3n) is 10.3. The molecule has 30 heavy (non-hydrogen) atoms. The van der Waals surface area contributed by atoms with Crippen LogP contribution in [0.15, 0.2) is 6.20 Å². The van der Waals surface area contributed by atoms with E-state index in [1.54, 1.807) is 11.3 Å². The molecule has 0 bridgehead atoms. The summed E-state index contributed by atoms with van der Waals surface area (Å²) >= 11 is 1.70. The predicted molar refractivity (Wildman–Crippen MR) is 122 cm³/mol. The van der Waals surface area contributed by atoms with E-state index in [2.05, 4.69) is 25.8 Å². The van der Waals surface area contributed by atoms with Crippen molar-refractivity contribution in [2.24, 2.45) is 46.8 Å². The van der Waals surface area contributed by atoms with Crippen molar-refractivity contribution < 1.29 is 10.2 Å². The number of aliphatic hydroxyl groups excluding tert-OH is 1. The first kappa shape index (κ1) is 21.4. The summed E-state index contributed by atoms with van der Waals surface area (Å²) in [5.74, 6) is 5.93. The molecule has 4 aliphatic carbocycles. The molecule has 1 aromatic heterocycles. The minimum atomic E-state index is -0.406. The number of thiazole rings is 1. The molecule has 0 spiro atoms. The SMILES string of the molecule is C[C@H](Cc1ncc(CO)s1)[C@H]1CC[C@H]2C3CC[C@@H]4C[C@](C)(O)CCC4[C@H]3CC[C@]12C. The van der Waals surface area contributed by atoms with Gasteiger partial charge in [-0.3, -0.25) is 0 Å². The maximum absolute atomic E-state index is 10.6. The maximum atomic E-state index is 10.6. The lowest BCUT2D eigenvalue weighted by atomic mass is 9.48. The zero-order valence-corrected chi connectivity index (χ0v) is 20.0. The van der Waals surface area contributed by atoms with Crippen LogP contribution in [0.3, 0.4) is 0 Å². The summed E-state index contributed by atoms with van der Waals surface area (Å²) in [7, 11) is 0. The van der Waals surface area contributed by atoms with E-state index in [0.717, 1.165) is 59.6 Å². The highest BCUT2D eigenvalue weighted by molar-refractivity contribution is 7.11. The third kappa shape index (κ3) is 3.59. The fraction of sp³-hybridized carbons (Fsp3) is 0.885. The van der Waals surface area contributed by atoms with E-state index in [4.69, 9.17) is 0 Å². The highest BCUT2D eigenvalue weighted by atomic mass is 32.1. The molecule has 2 unspecified atom stereocenters. The maximum Gasteiger partial charge on any atom is 0.0931 e. The lowest BCUT2D eigenvalue weighted by molar-refractivity contribution is -0.102. The minimum absolute atomic E-state index is 0.121. The van der Waals surface area contributed by atoms with Crippen molar-refractivity contribution >= 4 is 11.3 Å². The molecule has 1 aromatic rings. The van der Waals surface area contributed by atoms with Crippen molar-refractivity contribution in [3.05, 3.63) is 16.1 Å². The van der Waals surface area contributed by atoms with Gasteiger partial charge in [-0.1, -0.05) is 13.8 Å². The number of aromatic nitrogens is 1. The van der Waals surface area contributed by atoms with Crippen molar-refractivity contribution in [2.75, 3.05) is 0 Å². The fourth-order valence-corrected chi connectivity index (χ4v) is 9.91. The van der Waals surface area contributed by atoms with Gasteiger partial charge in [0.2, 0.25) is 0 Å². The molecule has 0 amide bonds. The Kier molecular flexibility index (Phi) is 5.60. The second-order valence-electron chi connectivity index (χ2n) is 12.0. The fourth-order valence-electron chi connectivity index (χ4n) is 8.99. The Hall–Kier alpha value is -0.450. The molecule has 4 fully saturated rings. The van der Waals surface area contributed by atoms with Crippen LogP contribution in [0.1, 0.15) is 88.4 Å². The zero-order valence-electron chi connectivity index (χ0n) is 19.1. The van der Waals surface area contributed by atoms with E-state index in [9.17, 15) is 10.2 Å². The van der Waals surface area contributed by atoms with E-state index in [1.807, 2.05) is 6.20 Å². The highest BCUT2D eigenvalue weighted by Gasteiger charge is 2.58. The third-order valence-corrected chi connectivity index (χ3v) is 11.3. The predicted octanol–water partition coefficient (Wildman–Crippen LogP) is 5.83. The lowest BCUT2D eigenvalue weighted by Crippen LogP contribution is -2.50. The molecule has 9 atom stereocenters. The van der Waals surface area contributed by atoms with Gasteiger partial charge < -0.3 is 10.2 Å². The Balaban J connectivity index is 1.29. The van der Waals surface area contributed by atoms with E-state index in [-0.39, 0.29) is 6.61 Å². The van der Waals surface area contributed by atoms with Crippen molar-refractivity contribution in [2.45, 2.75) is 97.2 Å². The van der Waals surface area contributed by atoms with Gasteiger partial charge in [-0.2, -0.15) is 0 Å². The molecule has 1 heterocycles. The Morgan fingerprint density at radius 1 is 1.07 bits per heavy atom. The topological polar surface area (TPSA) is 53.4 Å². The molecule has 3 nitrogen and oxygen atoms in total. The van der Waals surface area contributed by atoms with Crippen LogP contribution in [-0.2, 0) is 13.0 Å². The van der Waals surface area contributed by atoms with E-state index >= 15 is 0 Å². The molecule has 0 aromatic carbocycles. The summed E-state index contributed by atoms with van der Waals surface area (Å²) in [6, 6.07) is 0. The Morgan fingerprint density at radius 3 is 2.63 bits per heavy atom. The van der Waals surface area contributed by atoms with Crippen LogP contribution >= 0.6 is 11.3 Å². The van der Waals surface area contributed by atoms with Crippen LogP contribution in [0.4, 0.5) is 0 Å². The van der Waals surface area contributed by atoms with E-state index in [1.165, 1.54) is 50.0 Å². The molecule has 5 rings (SSSR count). The summed E-state index contributed by atoms with van der Waals surface area (Å²) in [6.45, 7) is 7.30. The lowest BCUT2D eigenvalue weighted by Gasteiger charge is -2.57. The monoisotopic (exact) mass is 431 g/mol. The molecule has 4 aliphatic rings. The van der Waals surface area contributed by atoms with Gasteiger partial charge in [0.05, 0.1) is 22.1 Å². The van der Waals surface area contributed by atoms with Crippen LogP contribution in [0, 0.1) is 46.8 Å². The van der Waals surface area contributed by atoms with Crippen LogP contribution < -0.4 is 0 Å². The summed E-state index contributed by atoms with van der Waals surface area (Å²) in [5.41, 5.74) is 0.0986. The molecule has 0 radical (unpaired) electrons. The van der Waals surface area contributed by atoms with Crippen molar-refractivity contribution in [1.29, 1.82) is 0 Å². The molecule has 4 saturated carbocycles. The van der Waals surface area contributed by atoms with Crippen LogP contribution in [0.5, 0.6) is 0 Å². The average Bonchev–Trinajstić information content (AvgIpc) is 3.30. The second-order valence-corrected chi connectivity index (χ2v) is 13.2. The number of nitrogens with zero attached hydrogens (tertiary/aromatic N) is 1. The molecular weight excluding hydrogens is 390 g/mol. The summed E-state index contributed by atoms with van der Waals surface area (Å²) in [6.07, 6.45) is 14.7. The first-order valence-corrected chi connectivity index (χ1v) is 13.4. The smallest absolute Gasteiger partial charge is 0.0931 e. The van der Waals surface area contributed by atoms with Gasteiger partial charge in [0.15, 0.2) is 0 Å². The Bertz CT molecular complexity index is 760. The van der Waals surface area contributed by atoms with Crippen molar-refractivity contribution in [1.82, 2.24) is 4.98 Å². The van der Waals surface area contributed by atoms with Gasteiger partial charge >= 0.3 is 0 Å². The quantitative estimate of drug-likeness (QED) is 0.630. The van der Waals surface area contributed by atoms with E-state index in [0.29, 0.717) is 11.3 Å². The van der Waals surface area contributed by atoms with Gasteiger partial charge in [-0.15, -0.1) is 11.3 Å². The van der Waals surface area contributed by atoms with Gasteiger partial charge in [0.1, 0.15) is 0 Å². The zero-order chi connectivity index (χ0) is 21.1. The highest BCUT2D eigenvalue weighted by Crippen LogP contribution is 2.65. The molecule has 168 valence electrons. The first-order chi connectivity index (χ1) is 14.3. The Labute approximate surface area is 186 Å². The van der Waals surface area contributed by atoms with Crippen LogP contribution in [-0.4, -0.2) is 20.8 Å². The number of rotatable bonds is 4. The molecule has 0 aliphatic heterocycles. The number of hydrogen-bond donors (Lipinski definition) is 2. The number of fused-ring (bicyclic) bond motifs is 5. The molecular formula is C26H41NO2S. The van der Waals surface area contributed by atoms with Gasteiger partial charge in [0.25, 0.3) is 0 Å². The summed E-state index contributed by atoms with van der Waals surface area (Å²) in [4.78, 5) is 5.58. The van der Waals surface area contributed by atoms with Crippen LogP contribution in [0.25, 0.3) is 0 Å². The van der Waals surface area contributed by atoms with Gasteiger partial charge in [0, 0.05) is 12.6 Å². The van der Waals surface area contributed by atoms with Crippen LogP contribution in [0.2, 0.25) is 0 Å². The molecule has 0 saturated heterocycles. The molecule has 4 heteroatoms. The number of hydrogen-bond acceptors (Lipinski definition) is 4. The van der Waals surface area contributed by atoms with Gasteiger partial charge in [-0.25, -0.2) is 4.98 Å². The first-order valence-electron chi connectivity index (χ1n) is 12.6. The molecule has 2 N–H and O–H groups in total. The minimum Gasteiger partial charge on any atom is -0.391 e. The summed E-state index contributed by atoms with van der Waals surface area (Å²) in [5, 5.41) is 21.2.